The van der Waals surface area contributed by atoms with Crippen LogP contribution in [0.1, 0.15) is 18.5 Å². The molecule has 0 radical (unpaired) electrons. The number of hydrogen-bond acceptors (Lipinski definition) is 3. The number of hydrogen-bond donors (Lipinski definition) is 2. The van der Waals surface area contributed by atoms with Crippen LogP contribution >= 0.6 is 0 Å². The van der Waals surface area contributed by atoms with Gasteiger partial charge in [-0.05, 0) is 38.4 Å². The number of nitrogens with one attached hydrogen (secondary N) is 2. The predicted octanol–water partition coefficient (Wildman–Crippen LogP) is 1.55. The minimum absolute atomic E-state index is 0.623. The first-order chi connectivity index (χ1) is 6.84. The fraction of sp³-hybridized carbons (Fsp3) is 0.545. The van der Waals surface area contributed by atoms with Crippen LogP contribution < -0.4 is 10.6 Å². The third kappa shape index (κ3) is 2.45. The summed E-state index contributed by atoms with van der Waals surface area (Å²) in [5.41, 5.74) is 1.06. The number of pyridine rings is 1. The van der Waals surface area contributed by atoms with Gasteiger partial charge in [0.15, 0.2) is 0 Å². The quantitative estimate of drug-likeness (QED) is 0.761. The monoisotopic (exact) mass is 191 g/mol. The minimum Gasteiger partial charge on any atom is -0.369 e. The van der Waals surface area contributed by atoms with Gasteiger partial charge in [-0.25, -0.2) is 4.98 Å². The molecule has 1 saturated heterocycles. The summed E-state index contributed by atoms with van der Waals surface area (Å²) in [7, 11) is 0. The van der Waals surface area contributed by atoms with Crippen LogP contribution in [-0.4, -0.2) is 24.1 Å². The molecule has 1 atom stereocenters. The van der Waals surface area contributed by atoms with E-state index in [2.05, 4.69) is 15.6 Å². The first kappa shape index (κ1) is 9.46. The lowest BCUT2D eigenvalue weighted by Gasteiger charge is -2.11. The molecule has 0 saturated carbocycles. The van der Waals surface area contributed by atoms with E-state index in [1.165, 1.54) is 12.8 Å². The molecular weight excluding hydrogens is 174 g/mol. The van der Waals surface area contributed by atoms with E-state index in [0.717, 1.165) is 24.6 Å². The molecule has 0 spiro atoms. The summed E-state index contributed by atoms with van der Waals surface area (Å²) in [4.78, 5) is 4.40. The van der Waals surface area contributed by atoms with Gasteiger partial charge in [-0.15, -0.1) is 0 Å². The van der Waals surface area contributed by atoms with Crippen LogP contribution in [0.3, 0.4) is 0 Å². The average molecular weight is 191 g/mol. The summed E-state index contributed by atoms with van der Waals surface area (Å²) in [5, 5.41) is 6.80. The Hall–Kier alpha value is -1.09. The molecule has 76 valence electrons. The molecular formula is C11H17N3. The Morgan fingerprint density at radius 2 is 2.50 bits per heavy atom. The minimum atomic E-state index is 0.623. The van der Waals surface area contributed by atoms with Gasteiger partial charge in [0.05, 0.1) is 0 Å². The van der Waals surface area contributed by atoms with E-state index >= 15 is 0 Å². The molecule has 0 aliphatic carbocycles. The van der Waals surface area contributed by atoms with E-state index < -0.39 is 0 Å². The Morgan fingerprint density at radius 1 is 1.57 bits per heavy atom. The Labute approximate surface area is 84.9 Å². The summed E-state index contributed by atoms with van der Waals surface area (Å²) in [6.45, 7) is 4.16. The van der Waals surface area contributed by atoms with Gasteiger partial charge in [-0.1, -0.05) is 6.07 Å². The fourth-order valence-corrected chi connectivity index (χ4v) is 1.80. The van der Waals surface area contributed by atoms with Crippen molar-refractivity contribution >= 4 is 5.82 Å². The van der Waals surface area contributed by atoms with Gasteiger partial charge in [0.1, 0.15) is 5.82 Å². The molecule has 2 rings (SSSR count). The summed E-state index contributed by atoms with van der Waals surface area (Å²) in [6, 6.07) is 6.69. The van der Waals surface area contributed by atoms with E-state index in [1.54, 1.807) is 0 Å². The van der Waals surface area contributed by atoms with E-state index in [1.807, 2.05) is 25.1 Å². The molecule has 1 aliphatic heterocycles. The molecule has 14 heavy (non-hydrogen) atoms. The van der Waals surface area contributed by atoms with E-state index in [0.29, 0.717) is 6.04 Å². The Morgan fingerprint density at radius 3 is 3.21 bits per heavy atom. The van der Waals surface area contributed by atoms with Gasteiger partial charge >= 0.3 is 0 Å². The standard InChI is InChI=1S/C11H17N3/c1-9-4-2-6-11(14-9)13-8-10-5-3-7-12-10/h2,4,6,10,12H,3,5,7-8H2,1H3,(H,13,14). The fourth-order valence-electron chi connectivity index (χ4n) is 1.80. The zero-order valence-electron chi connectivity index (χ0n) is 8.59. The van der Waals surface area contributed by atoms with E-state index in [4.69, 9.17) is 0 Å². The normalized spacial score (nSPS) is 21.1. The lowest BCUT2D eigenvalue weighted by Crippen LogP contribution is -2.29. The first-order valence-electron chi connectivity index (χ1n) is 5.25. The molecule has 2 N–H and O–H groups in total. The molecule has 3 nitrogen and oxygen atoms in total. The van der Waals surface area contributed by atoms with Gasteiger partial charge in [0.2, 0.25) is 0 Å². The van der Waals surface area contributed by atoms with E-state index in [-0.39, 0.29) is 0 Å². The molecule has 0 bridgehead atoms. The van der Waals surface area contributed by atoms with Crippen molar-refractivity contribution in [2.45, 2.75) is 25.8 Å². The second kappa shape index (κ2) is 4.42. The smallest absolute Gasteiger partial charge is 0.126 e. The molecule has 1 fully saturated rings. The molecule has 1 aromatic heterocycles. The summed E-state index contributed by atoms with van der Waals surface area (Å²) in [6.07, 6.45) is 2.58. The van der Waals surface area contributed by atoms with Crippen LogP contribution in [0, 0.1) is 6.92 Å². The Balaban J connectivity index is 1.85. The van der Waals surface area contributed by atoms with Crippen LogP contribution in [-0.2, 0) is 0 Å². The highest BCUT2D eigenvalue weighted by atomic mass is 15.0. The third-order valence-electron chi connectivity index (χ3n) is 2.58. The topological polar surface area (TPSA) is 37.0 Å². The maximum atomic E-state index is 4.40. The summed E-state index contributed by atoms with van der Waals surface area (Å²) >= 11 is 0. The Kier molecular flexibility index (Phi) is 2.99. The maximum absolute atomic E-state index is 4.40. The maximum Gasteiger partial charge on any atom is 0.126 e. The van der Waals surface area contributed by atoms with Gasteiger partial charge in [0, 0.05) is 18.3 Å². The van der Waals surface area contributed by atoms with Crippen molar-refractivity contribution in [1.29, 1.82) is 0 Å². The Bertz CT molecular complexity index is 292. The largest absolute Gasteiger partial charge is 0.369 e. The predicted molar refractivity (Wildman–Crippen MR) is 58.5 cm³/mol. The first-order valence-corrected chi connectivity index (χ1v) is 5.25. The molecule has 0 amide bonds. The third-order valence-corrected chi connectivity index (χ3v) is 2.58. The van der Waals surface area contributed by atoms with Crippen molar-refractivity contribution < 1.29 is 0 Å². The lowest BCUT2D eigenvalue weighted by molar-refractivity contribution is 0.632. The van der Waals surface area contributed by atoms with Crippen molar-refractivity contribution in [3.8, 4) is 0 Å². The number of anilines is 1. The zero-order chi connectivity index (χ0) is 9.80. The van der Waals surface area contributed by atoms with Gasteiger partial charge < -0.3 is 10.6 Å². The number of nitrogens with zero attached hydrogens (tertiary/aromatic N) is 1. The average Bonchev–Trinajstić information content (AvgIpc) is 2.67. The van der Waals surface area contributed by atoms with Gasteiger partial charge in [-0.3, -0.25) is 0 Å². The van der Waals surface area contributed by atoms with Crippen molar-refractivity contribution in [2.75, 3.05) is 18.4 Å². The van der Waals surface area contributed by atoms with Crippen LogP contribution in [0.4, 0.5) is 5.82 Å². The molecule has 2 heterocycles. The molecule has 1 aliphatic rings. The van der Waals surface area contributed by atoms with Crippen molar-refractivity contribution in [3.63, 3.8) is 0 Å². The highest BCUT2D eigenvalue weighted by molar-refractivity contribution is 5.35. The molecule has 1 aromatic rings. The van der Waals surface area contributed by atoms with Crippen molar-refractivity contribution in [2.24, 2.45) is 0 Å². The molecule has 1 unspecified atom stereocenters. The summed E-state index contributed by atoms with van der Waals surface area (Å²) in [5.74, 6) is 0.985. The van der Waals surface area contributed by atoms with Crippen LogP contribution in [0.2, 0.25) is 0 Å². The van der Waals surface area contributed by atoms with Crippen LogP contribution in [0.15, 0.2) is 18.2 Å². The molecule has 3 heteroatoms. The van der Waals surface area contributed by atoms with Gasteiger partial charge in [0.25, 0.3) is 0 Å². The second-order valence-electron chi connectivity index (χ2n) is 3.84. The summed E-state index contributed by atoms with van der Waals surface area (Å²) < 4.78 is 0. The van der Waals surface area contributed by atoms with Crippen molar-refractivity contribution in [3.05, 3.63) is 23.9 Å². The number of rotatable bonds is 3. The highest BCUT2D eigenvalue weighted by Crippen LogP contribution is 2.07. The zero-order valence-corrected chi connectivity index (χ0v) is 8.59. The van der Waals surface area contributed by atoms with Crippen LogP contribution in [0.5, 0.6) is 0 Å². The van der Waals surface area contributed by atoms with Crippen LogP contribution in [0.25, 0.3) is 0 Å². The number of aryl methyl sites for hydroxylation is 1. The van der Waals surface area contributed by atoms with Crippen molar-refractivity contribution in [1.82, 2.24) is 10.3 Å². The van der Waals surface area contributed by atoms with E-state index in [9.17, 15) is 0 Å². The molecule has 0 aromatic carbocycles. The highest BCUT2D eigenvalue weighted by Gasteiger charge is 2.13. The lowest BCUT2D eigenvalue weighted by atomic mass is 10.2. The second-order valence-corrected chi connectivity index (χ2v) is 3.84. The number of aromatic nitrogens is 1. The SMILES string of the molecule is Cc1cccc(NCC2CCCN2)n1. The van der Waals surface area contributed by atoms with Gasteiger partial charge in [-0.2, -0.15) is 0 Å².